The van der Waals surface area contributed by atoms with E-state index in [4.69, 9.17) is 4.74 Å². The van der Waals surface area contributed by atoms with Crippen LogP contribution in [0.5, 0.6) is 5.75 Å². The number of aromatic nitrogens is 2. The van der Waals surface area contributed by atoms with Crippen molar-refractivity contribution < 1.29 is 13.2 Å². The summed E-state index contributed by atoms with van der Waals surface area (Å²) in [6.45, 7) is 0.354. The molecule has 1 aromatic carbocycles. The van der Waals surface area contributed by atoms with Gasteiger partial charge in [0.05, 0.1) is 10.6 Å². The lowest BCUT2D eigenvalue weighted by molar-refractivity contribution is 0.279. The molecule has 0 atom stereocenters. The quantitative estimate of drug-likeness (QED) is 0.762. The molecule has 88 valence electrons. The van der Waals surface area contributed by atoms with Crippen molar-refractivity contribution in [1.82, 2.24) is 9.55 Å². The molecule has 17 heavy (non-hydrogen) atoms. The third kappa shape index (κ3) is 1.61. The molecule has 1 aromatic heterocycles. The van der Waals surface area contributed by atoms with Gasteiger partial charge in [-0.15, -0.1) is 0 Å². The van der Waals surface area contributed by atoms with Gasteiger partial charge in [0, 0.05) is 24.7 Å². The Bertz CT molecular complexity index is 688. The van der Waals surface area contributed by atoms with Crippen molar-refractivity contribution in [2.24, 2.45) is 0 Å². The molecule has 1 aliphatic rings. The Kier molecular flexibility index (Phi) is 2.03. The van der Waals surface area contributed by atoms with Crippen LogP contribution in [-0.2, 0) is 16.4 Å². The van der Waals surface area contributed by atoms with Gasteiger partial charge in [-0.3, -0.25) is 4.57 Å². The fourth-order valence-corrected chi connectivity index (χ4v) is 2.48. The van der Waals surface area contributed by atoms with Crippen LogP contribution in [-0.4, -0.2) is 24.2 Å². The number of hydrogen-bond donors (Lipinski definition) is 0. The van der Waals surface area contributed by atoms with E-state index >= 15 is 0 Å². The molecule has 3 rings (SSSR count). The van der Waals surface area contributed by atoms with Crippen LogP contribution in [0, 0.1) is 0 Å². The first-order chi connectivity index (χ1) is 8.05. The van der Waals surface area contributed by atoms with Crippen molar-refractivity contribution in [3.63, 3.8) is 0 Å². The standard InChI is InChI=1S/C11H10N2O3S/c1-17(14,15)8-2-3-9-10(6-8)16-7-11-12-4-5-13(9)11/h2-6H,7H2,1H3. The van der Waals surface area contributed by atoms with Crippen molar-refractivity contribution in [2.45, 2.75) is 11.5 Å². The smallest absolute Gasteiger partial charge is 0.175 e. The van der Waals surface area contributed by atoms with Gasteiger partial charge in [-0.2, -0.15) is 0 Å². The van der Waals surface area contributed by atoms with E-state index in [1.54, 1.807) is 24.4 Å². The molecule has 0 amide bonds. The highest BCUT2D eigenvalue weighted by Gasteiger charge is 2.19. The molecular formula is C11H10N2O3S. The van der Waals surface area contributed by atoms with Crippen LogP contribution in [0.4, 0.5) is 0 Å². The lowest BCUT2D eigenvalue weighted by Crippen LogP contribution is -2.13. The summed E-state index contributed by atoms with van der Waals surface area (Å²) in [4.78, 5) is 4.41. The van der Waals surface area contributed by atoms with Crippen LogP contribution in [0.25, 0.3) is 5.69 Å². The van der Waals surface area contributed by atoms with Gasteiger partial charge in [0.25, 0.3) is 0 Å². The molecule has 0 saturated heterocycles. The van der Waals surface area contributed by atoms with E-state index in [0.717, 1.165) is 11.5 Å². The molecule has 1 aliphatic heterocycles. The van der Waals surface area contributed by atoms with Crippen LogP contribution in [0.15, 0.2) is 35.5 Å². The second kappa shape index (κ2) is 3.33. The maximum atomic E-state index is 11.4. The Labute approximate surface area is 98.6 Å². The maximum Gasteiger partial charge on any atom is 0.175 e. The molecule has 6 heteroatoms. The average molecular weight is 250 g/mol. The molecule has 2 aromatic rings. The van der Waals surface area contributed by atoms with Crippen molar-refractivity contribution in [2.75, 3.05) is 6.26 Å². The first-order valence-electron chi connectivity index (χ1n) is 5.05. The van der Waals surface area contributed by atoms with Gasteiger partial charge in [0.1, 0.15) is 12.4 Å². The number of fused-ring (bicyclic) bond motifs is 3. The predicted molar refractivity (Wildman–Crippen MR) is 61.0 cm³/mol. The predicted octanol–water partition coefficient (Wildman–Crippen LogP) is 1.17. The largest absolute Gasteiger partial charge is 0.483 e. The van der Waals surface area contributed by atoms with Gasteiger partial charge >= 0.3 is 0 Å². The molecule has 0 fully saturated rings. The topological polar surface area (TPSA) is 61.2 Å². The number of ether oxygens (including phenoxy) is 1. The molecular weight excluding hydrogens is 240 g/mol. The van der Waals surface area contributed by atoms with E-state index in [0.29, 0.717) is 12.4 Å². The van der Waals surface area contributed by atoms with E-state index in [2.05, 4.69) is 4.98 Å². The van der Waals surface area contributed by atoms with E-state index in [9.17, 15) is 8.42 Å². The highest BCUT2D eigenvalue weighted by atomic mass is 32.2. The summed E-state index contributed by atoms with van der Waals surface area (Å²) in [6.07, 6.45) is 4.70. The third-order valence-electron chi connectivity index (χ3n) is 2.69. The molecule has 2 heterocycles. The fraction of sp³-hybridized carbons (Fsp3) is 0.182. The second-order valence-corrected chi connectivity index (χ2v) is 5.92. The summed E-state index contributed by atoms with van der Waals surface area (Å²) in [7, 11) is -3.21. The average Bonchev–Trinajstić information content (AvgIpc) is 2.75. The summed E-state index contributed by atoms with van der Waals surface area (Å²) in [5, 5.41) is 0. The molecule has 0 unspecified atom stereocenters. The van der Waals surface area contributed by atoms with Gasteiger partial charge in [-0.05, 0) is 12.1 Å². The molecule has 0 radical (unpaired) electrons. The van der Waals surface area contributed by atoms with Crippen LogP contribution < -0.4 is 4.74 Å². The Morgan fingerprint density at radius 2 is 2.24 bits per heavy atom. The zero-order valence-electron chi connectivity index (χ0n) is 9.12. The van der Waals surface area contributed by atoms with Crippen LogP contribution in [0.1, 0.15) is 5.82 Å². The number of sulfone groups is 1. The summed E-state index contributed by atoms with van der Waals surface area (Å²) >= 11 is 0. The normalized spacial score (nSPS) is 13.7. The monoisotopic (exact) mass is 250 g/mol. The SMILES string of the molecule is CS(=O)(=O)c1ccc2c(c1)OCc1nccn1-2. The first-order valence-corrected chi connectivity index (χ1v) is 6.94. The van der Waals surface area contributed by atoms with Gasteiger partial charge in [-0.25, -0.2) is 13.4 Å². The van der Waals surface area contributed by atoms with Crippen LogP contribution in [0.2, 0.25) is 0 Å². The Hall–Kier alpha value is -1.82. The molecule has 5 nitrogen and oxygen atoms in total. The lowest BCUT2D eigenvalue weighted by Gasteiger charge is -2.19. The lowest BCUT2D eigenvalue weighted by atomic mass is 10.2. The summed E-state index contributed by atoms with van der Waals surface area (Å²) in [5.74, 6) is 1.38. The summed E-state index contributed by atoms with van der Waals surface area (Å²) < 4.78 is 30.3. The van der Waals surface area contributed by atoms with Crippen LogP contribution >= 0.6 is 0 Å². The number of benzene rings is 1. The maximum absolute atomic E-state index is 11.4. The molecule has 0 saturated carbocycles. The van der Waals surface area contributed by atoms with E-state index < -0.39 is 9.84 Å². The number of nitrogens with zero attached hydrogens (tertiary/aromatic N) is 2. The van der Waals surface area contributed by atoms with Gasteiger partial charge < -0.3 is 4.74 Å². The van der Waals surface area contributed by atoms with Gasteiger partial charge in [0.15, 0.2) is 15.7 Å². The van der Waals surface area contributed by atoms with E-state index in [1.165, 1.54) is 6.26 Å². The fourth-order valence-electron chi connectivity index (χ4n) is 1.84. The number of imidazole rings is 1. The Morgan fingerprint density at radius 3 is 3.00 bits per heavy atom. The van der Waals surface area contributed by atoms with Gasteiger partial charge in [-0.1, -0.05) is 0 Å². The Balaban J connectivity index is 2.20. The minimum absolute atomic E-state index is 0.264. The van der Waals surface area contributed by atoms with Crippen molar-refractivity contribution in [3.05, 3.63) is 36.4 Å². The number of hydrogen-bond acceptors (Lipinski definition) is 4. The highest BCUT2D eigenvalue weighted by Crippen LogP contribution is 2.31. The minimum Gasteiger partial charge on any atom is -0.483 e. The molecule has 0 N–H and O–H groups in total. The zero-order chi connectivity index (χ0) is 12.0. The number of rotatable bonds is 1. The molecule has 0 bridgehead atoms. The summed E-state index contributed by atoms with van der Waals surface area (Å²) in [5.41, 5.74) is 0.816. The van der Waals surface area contributed by atoms with Gasteiger partial charge in [0.2, 0.25) is 0 Å². The molecule has 0 aliphatic carbocycles. The van der Waals surface area contributed by atoms with E-state index in [-0.39, 0.29) is 4.90 Å². The van der Waals surface area contributed by atoms with Crippen LogP contribution in [0.3, 0.4) is 0 Å². The summed E-state index contributed by atoms with van der Waals surface area (Å²) in [6, 6.07) is 4.86. The second-order valence-electron chi connectivity index (χ2n) is 3.90. The van der Waals surface area contributed by atoms with Crippen molar-refractivity contribution >= 4 is 9.84 Å². The molecule has 0 spiro atoms. The Morgan fingerprint density at radius 1 is 1.41 bits per heavy atom. The van der Waals surface area contributed by atoms with Crippen molar-refractivity contribution in [3.8, 4) is 11.4 Å². The van der Waals surface area contributed by atoms with E-state index in [1.807, 2.05) is 10.8 Å². The first kappa shape index (κ1) is 10.3. The van der Waals surface area contributed by atoms with Crippen molar-refractivity contribution in [1.29, 1.82) is 0 Å². The zero-order valence-corrected chi connectivity index (χ0v) is 9.94. The minimum atomic E-state index is -3.21. The third-order valence-corrected chi connectivity index (χ3v) is 3.80. The highest BCUT2D eigenvalue weighted by molar-refractivity contribution is 7.90.